The maximum absolute atomic E-state index is 13.2. The van der Waals surface area contributed by atoms with E-state index in [1.807, 2.05) is 30.3 Å². The highest BCUT2D eigenvalue weighted by atomic mass is 16.5. The van der Waals surface area contributed by atoms with Crippen molar-refractivity contribution < 1.29 is 23.6 Å². The van der Waals surface area contributed by atoms with E-state index in [0.717, 1.165) is 10.5 Å². The summed E-state index contributed by atoms with van der Waals surface area (Å²) in [7, 11) is 3.03. The summed E-state index contributed by atoms with van der Waals surface area (Å²) < 4.78 is 15.8. The van der Waals surface area contributed by atoms with Crippen molar-refractivity contribution in [2.24, 2.45) is 0 Å². The number of carbonyl (C=O) groups excluding carboxylic acids is 2. The zero-order valence-electron chi connectivity index (χ0n) is 16.7. The van der Waals surface area contributed by atoms with Crippen LogP contribution in [0.2, 0.25) is 0 Å². The predicted octanol–water partition coefficient (Wildman–Crippen LogP) is 2.72. The maximum Gasteiger partial charge on any atom is 0.325 e. The van der Waals surface area contributed by atoms with Crippen LogP contribution in [0.5, 0.6) is 11.5 Å². The van der Waals surface area contributed by atoms with Crippen LogP contribution in [0.3, 0.4) is 0 Å². The molecule has 1 fully saturated rings. The lowest BCUT2D eigenvalue weighted by Crippen LogP contribution is -2.40. The molecule has 1 saturated heterocycles. The van der Waals surface area contributed by atoms with E-state index >= 15 is 0 Å². The molecule has 0 radical (unpaired) electrons. The zero-order chi connectivity index (χ0) is 21.3. The Labute approximate surface area is 172 Å². The van der Waals surface area contributed by atoms with E-state index in [1.165, 1.54) is 14.2 Å². The Morgan fingerprint density at radius 3 is 2.50 bits per heavy atom. The van der Waals surface area contributed by atoms with Crippen molar-refractivity contribution in [3.63, 3.8) is 0 Å². The van der Waals surface area contributed by atoms with Crippen LogP contribution in [0.15, 0.2) is 53.1 Å². The molecule has 0 aliphatic carbocycles. The molecule has 1 N–H and O–H groups in total. The van der Waals surface area contributed by atoms with Gasteiger partial charge in [0.15, 0.2) is 11.5 Å². The van der Waals surface area contributed by atoms with Crippen molar-refractivity contribution in [1.29, 1.82) is 0 Å². The third-order valence-electron chi connectivity index (χ3n) is 5.03. The Morgan fingerprint density at radius 1 is 1.07 bits per heavy atom. The van der Waals surface area contributed by atoms with E-state index in [1.54, 1.807) is 25.1 Å². The number of nitrogens with one attached hydrogen (secondary N) is 1. The predicted molar refractivity (Wildman–Crippen MR) is 106 cm³/mol. The van der Waals surface area contributed by atoms with E-state index in [0.29, 0.717) is 22.9 Å². The number of methoxy groups -OCH3 is 2. The Bertz CT molecular complexity index is 1100. The van der Waals surface area contributed by atoms with Crippen molar-refractivity contribution in [2.75, 3.05) is 14.2 Å². The first-order valence-electron chi connectivity index (χ1n) is 9.21. The molecule has 3 amide bonds. The van der Waals surface area contributed by atoms with Crippen LogP contribution in [-0.2, 0) is 16.9 Å². The van der Waals surface area contributed by atoms with Gasteiger partial charge < -0.3 is 19.3 Å². The SMILES string of the molecule is COc1ccc(C2(C)NC(=O)N(Cc3nc(-c4ccccc4)no3)C2=O)cc1OC. The minimum absolute atomic E-state index is 0.132. The van der Waals surface area contributed by atoms with Crippen molar-refractivity contribution >= 4 is 11.9 Å². The van der Waals surface area contributed by atoms with Gasteiger partial charge in [0, 0.05) is 5.56 Å². The summed E-state index contributed by atoms with van der Waals surface area (Å²) in [6.45, 7) is 1.51. The number of hydrogen-bond acceptors (Lipinski definition) is 7. The number of ether oxygens (including phenoxy) is 2. The van der Waals surface area contributed by atoms with Crippen LogP contribution >= 0.6 is 0 Å². The number of imide groups is 1. The molecule has 1 unspecified atom stereocenters. The molecule has 1 aliphatic heterocycles. The molecule has 4 rings (SSSR count). The second kappa shape index (κ2) is 7.51. The molecule has 3 aromatic rings. The summed E-state index contributed by atoms with van der Waals surface area (Å²) in [6, 6.07) is 13.8. The summed E-state index contributed by atoms with van der Waals surface area (Å²) in [5.74, 6) is 1.10. The lowest BCUT2D eigenvalue weighted by molar-refractivity contribution is -0.131. The van der Waals surface area contributed by atoms with Crippen LogP contribution in [0.25, 0.3) is 11.4 Å². The van der Waals surface area contributed by atoms with Crippen LogP contribution in [-0.4, -0.2) is 41.2 Å². The first-order chi connectivity index (χ1) is 14.5. The molecular weight excluding hydrogens is 388 g/mol. The molecule has 0 saturated carbocycles. The number of rotatable bonds is 6. The molecule has 30 heavy (non-hydrogen) atoms. The summed E-state index contributed by atoms with van der Waals surface area (Å²) in [6.07, 6.45) is 0. The lowest BCUT2D eigenvalue weighted by Gasteiger charge is -2.23. The molecule has 0 spiro atoms. The maximum atomic E-state index is 13.2. The van der Waals surface area contributed by atoms with E-state index in [-0.39, 0.29) is 12.4 Å². The zero-order valence-corrected chi connectivity index (χ0v) is 16.7. The lowest BCUT2D eigenvalue weighted by atomic mass is 9.91. The van der Waals surface area contributed by atoms with Gasteiger partial charge >= 0.3 is 6.03 Å². The molecule has 154 valence electrons. The Kier molecular flexibility index (Phi) is 4.86. The Morgan fingerprint density at radius 2 is 1.80 bits per heavy atom. The monoisotopic (exact) mass is 408 g/mol. The highest BCUT2D eigenvalue weighted by Crippen LogP contribution is 2.35. The standard InChI is InChI=1S/C21H20N4O5/c1-21(14-9-10-15(28-2)16(11-14)29-3)19(26)25(20(27)23-21)12-17-22-18(24-30-17)13-7-5-4-6-8-13/h4-11H,12H2,1-3H3,(H,23,27). The van der Waals surface area contributed by atoms with Crippen LogP contribution in [0.1, 0.15) is 18.4 Å². The fourth-order valence-corrected chi connectivity index (χ4v) is 3.34. The second-order valence-electron chi connectivity index (χ2n) is 6.89. The number of carbonyl (C=O) groups is 2. The van der Waals surface area contributed by atoms with Gasteiger partial charge in [-0.25, -0.2) is 4.79 Å². The molecule has 0 bridgehead atoms. The van der Waals surface area contributed by atoms with Gasteiger partial charge in [0.1, 0.15) is 12.1 Å². The van der Waals surface area contributed by atoms with Gasteiger partial charge in [0.2, 0.25) is 11.7 Å². The fraction of sp³-hybridized carbons (Fsp3) is 0.238. The molecule has 1 aromatic heterocycles. The van der Waals surface area contributed by atoms with E-state index < -0.39 is 17.5 Å². The minimum atomic E-state index is -1.26. The smallest absolute Gasteiger partial charge is 0.325 e. The van der Waals surface area contributed by atoms with Gasteiger partial charge in [-0.1, -0.05) is 41.6 Å². The highest BCUT2D eigenvalue weighted by molar-refractivity contribution is 6.07. The summed E-state index contributed by atoms with van der Waals surface area (Å²) >= 11 is 0. The van der Waals surface area contributed by atoms with Gasteiger partial charge in [-0.05, 0) is 24.6 Å². The van der Waals surface area contributed by atoms with Crippen LogP contribution in [0.4, 0.5) is 4.79 Å². The Balaban J connectivity index is 1.58. The quantitative estimate of drug-likeness (QED) is 0.625. The number of benzene rings is 2. The molecular formula is C21H20N4O5. The molecule has 2 heterocycles. The van der Waals surface area contributed by atoms with Crippen molar-refractivity contribution in [3.05, 3.63) is 60.0 Å². The van der Waals surface area contributed by atoms with Crippen LogP contribution in [0, 0.1) is 0 Å². The summed E-state index contributed by atoms with van der Waals surface area (Å²) in [5.41, 5.74) is 0.0789. The van der Waals surface area contributed by atoms with Crippen molar-refractivity contribution in [2.45, 2.75) is 19.0 Å². The molecule has 1 atom stereocenters. The first kappa shape index (κ1) is 19.4. The number of amides is 3. The normalized spacial score (nSPS) is 18.4. The minimum Gasteiger partial charge on any atom is -0.493 e. The van der Waals surface area contributed by atoms with Crippen molar-refractivity contribution in [3.8, 4) is 22.9 Å². The number of nitrogens with zero attached hydrogens (tertiary/aromatic N) is 3. The largest absolute Gasteiger partial charge is 0.493 e. The van der Waals surface area contributed by atoms with Gasteiger partial charge in [-0.2, -0.15) is 4.98 Å². The molecule has 9 nitrogen and oxygen atoms in total. The van der Waals surface area contributed by atoms with E-state index in [2.05, 4.69) is 15.5 Å². The van der Waals surface area contributed by atoms with Crippen LogP contribution < -0.4 is 14.8 Å². The third-order valence-corrected chi connectivity index (χ3v) is 5.03. The summed E-state index contributed by atoms with van der Waals surface area (Å²) in [5, 5.41) is 6.67. The molecule has 2 aromatic carbocycles. The van der Waals surface area contributed by atoms with Gasteiger partial charge in [0.05, 0.1) is 14.2 Å². The highest BCUT2D eigenvalue weighted by Gasteiger charge is 2.49. The molecule has 1 aliphatic rings. The average Bonchev–Trinajstić information content (AvgIpc) is 3.33. The summed E-state index contributed by atoms with van der Waals surface area (Å²) in [4.78, 5) is 31.1. The van der Waals surface area contributed by atoms with Gasteiger partial charge in [-0.3, -0.25) is 9.69 Å². The second-order valence-corrected chi connectivity index (χ2v) is 6.89. The van der Waals surface area contributed by atoms with Crippen molar-refractivity contribution in [1.82, 2.24) is 20.4 Å². The first-order valence-corrected chi connectivity index (χ1v) is 9.21. The van der Waals surface area contributed by atoms with E-state index in [4.69, 9.17) is 14.0 Å². The van der Waals surface area contributed by atoms with Gasteiger partial charge in [0.25, 0.3) is 5.91 Å². The number of hydrogen-bond donors (Lipinski definition) is 1. The van der Waals surface area contributed by atoms with E-state index in [9.17, 15) is 9.59 Å². The van der Waals surface area contributed by atoms with Gasteiger partial charge in [-0.15, -0.1) is 0 Å². The Hall–Kier alpha value is -3.88. The third kappa shape index (κ3) is 3.24. The average molecular weight is 408 g/mol. The number of urea groups is 1. The fourth-order valence-electron chi connectivity index (χ4n) is 3.34. The number of aromatic nitrogens is 2. The molecule has 9 heteroatoms. The topological polar surface area (TPSA) is 107 Å².